The van der Waals surface area contributed by atoms with Crippen molar-refractivity contribution in [2.24, 2.45) is 0 Å². The number of ether oxygens (including phenoxy) is 1. The minimum absolute atomic E-state index is 0.0514. The molecule has 8 heteroatoms. The van der Waals surface area contributed by atoms with Crippen LogP contribution >= 0.6 is 23.2 Å². The van der Waals surface area contributed by atoms with Crippen LogP contribution < -0.4 is 10.1 Å². The molecule has 0 aliphatic carbocycles. The number of nitrogens with zero attached hydrogens (tertiary/aromatic N) is 4. The quantitative estimate of drug-likeness (QED) is 0.467. The molecule has 3 rings (SSSR count). The number of benzene rings is 1. The van der Waals surface area contributed by atoms with E-state index in [1.165, 1.54) is 12.7 Å². The topological polar surface area (TPSA) is 72.8 Å². The minimum atomic E-state index is 0.0514. The summed E-state index contributed by atoms with van der Waals surface area (Å²) in [4.78, 5) is 16.8. The van der Waals surface area contributed by atoms with Crippen LogP contribution in [0.5, 0.6) is 11.6 Å². The lowest BCUT2D eigenvalue weighted by Crippen LogP contribution is -2.12. The molecule has 0 radical (unpaired) electrons. The first-order chi connectivity index (χ1) is 14.1. The van der Waals surface area contributed by atoms with Crippen LogP contribution in [0.3, 0.4) is 0 Å². The zero-order chi connectivity index (χ0) is 20.8. The maximum absolute atomic E-state index is 6.42. The molecule has 0 aliphatic rings. The summed E-state index contributed by atoms with van der Waals surface area (Å²) in [5.41, 5.74) is 2.68. The molecule has 0 aliphatic heterocycles. The highest BCUT2D eigenvalue weighted by Crippen LogP contribution is 2.31. The van der Waals surface area contributed by atoms with Gasteiger partial charge in [-0.25, -0.2) is 19.9 Å². The van der Waals surface area contributed by atoms with Gasteiger partial charge >= 0.3 is 0 Å². The Morgan fingerprint density at radius 1 is 0.862 bits per heavy atom. The van der Waals surface area contributed by atoms with Gasteiger partial charge in [-0.15, -0.1) is 0 Å². The standard InChI is InChI=1S/C21H23Cl2N5O/c1-4-15(28-20-18(22)16(5-2)24-11-26-20)13-7-9-14(10-8-13)29-21-19(23)17(6-3)25-12-27-21/h7-12,15H,4-6H2,1-3H3,(H,24,26,28). The van der Waals surface area contributed by atoms with Gasteiger partial charge in [0.1, 0.15) is 34.3 Å². The summed E-state index contributed by atoms with van der Waals surface area (Å²) >= 11 is 12.7. The van der Waals surface area contributed by atoms with Crippen LogP contribution in [0, 0.1) is 0 Å². The maximum Gasteiger partial charge on any atom is 0.241 e. The molecule has 0 spiro atoms. The molecular formula is C21H23Cl2N5O. The Hall–Kier alpha value is -2.44. The van der Waals surface area contributed by atoms with E-state index >= 15 is 0 Å². The third kappa shape index (κ3) is 4.95. The van der Waals surface area contributed by atoms with Crippen LogP contribution in [0.15, 0.2) is 36.9 Å². The van der Waals surface area contributed by atoms with Crippen molar-refractivity contribution in [2.45, 2.75) is 46.1 Å². The average Bonchev–Trinajstić information content (AvgIpc) is 2.75. The van der Waals surface area contributed by atoms with E-state index in [0.29, 0.717) is 33.9 Å². The fourth-order valence-corrected chi connectivity index (χ4v) is 3.48. The van der Waals surface area contributed by atoms with Crippen LogP contribution in [0.25, 0.3) is 0 Å². The van der Waals surface area contributed by atoms with E-state index in [0.717, 1.165) is 29.8 Å². The number of rotatable bonds is 8. The Kier molecular flexibility index (Phi) is 7.23. The molecule has 2 aromatic heterocycles. The van der Waals surface area contributed by atoms with E-state index < -0.39 is 0 Å². The van der Waals surface area contributed by atoms with Crippen molar-refractivity contribution in [3.8, 4) is 11.6 Å². The first-order valence-electron chi connectivity index (χ1n) is 9.60. The molecule has 0 fully saturated rings. The molecule has 1 unspecified atom stereocenters. The van der Waals surface area contributed by atoms with Gasteiger partial charge < -0.3 is 10.1 Å². The Morgan fingerprint density at radius 2 is 1.48 bits per heavy atom. The monoisotopic (exact) mass is 431 g/mol. The van der Waals surface area contributed by atoms with Crippen molar-refractivity contribution in [1.82, 2.24) is 19.9 Å². The summed E-state index contributed by atoms with van der Waals surface area (Å²) in [6.45, 7) is 6.10. The number of anilines is 1. The van der Waals surface area contributed by atoms with Crippen LogP contribution in [-0.4, -0.2) is 19.9 Å². The molecule has 1 atom stereocenters. The molecule has 0 amide bonds. The van der Waals surface area contributed by atoms with Gasteiger partial charge in [-0.3, -0.25) is 0 Å². The second kappa shape index (κ2) is 9.85. The molecule has 1 aromatic carbocycles. The average molecular weight is 432 g/mol. The van der Waals surface area contributed by atoms with E-state index in [9.17, 15) is 0 Å². The van der Waals surface area contributed by atoms with E-state index in [2.05, 4.69) is 32.2 Å². The number of aryl methyl sites for hydroxylation is 2. The van der Waals surface area contributed by atoms with Gasteiger partial charge in [0.25, 0.3) is 0 Å². The molecule has 2 heterocycles. The Morgan fingerprint density at radius 3 is 2.10 bits per heavy atom. The number of hydrogen-bond acceptors (Lipinski definition) is 6. The summed E-state index contributed by atoms with van der Waals surface area (Å²) in [6.07, 6.45) is 5.32. The molecule has 152 valence electrons. The molecule has 6 nitrogen and oxygen atoms in total. The van der Waals surface area contributed by atoms with Crippen LogP contribution in [0.2, 0.25) is 10.0 Å². The number of hydrogen-bond donors (Lipinski definition) is 1. The fourth-order valence-electron chi connectivity index (χ4n) is 2.92. The largest absolute Gasteiger partial charge is 0.437 e. The zero-order valence-corrected chi connectivity index (χ0v) is 18.1. The summed E-state index contributed by atoms with van der Waals surface area (Å²) in [7, 11) is 0. The predicted octanol–water partition coefficient (Wildman–Crippen LogP) is 6.05. The van der Waals surface area contributed by atoms with Gasteiger partial charge in [0, 0.05) is 0 Å². The molecular weight excluding hydrogens is 409 g/mol. The van der Waals surface area contributed by atoms with E-state index in [1.807, 2.05) is 38.1 Å². The second-order valence-corrected chi connectivity index (χ2v) is 7.16. The SMILES string of the molecule is CCc1ncnc(NC(CC)c2ccc(Oc3ncnc(CC)c3Cl)cc2)c1Cl. The van der Waals surface area contributed by atoms with E-state index in [4.69, 9.17) is 27.9 Å². The zero-order valence-electron chi connectivity index (χ0n) is 16.6. The van der Waals surface area contributed by atoms with E-state index in [-0.39, 0.29) is 6.04 Å². The highest BCUT2D eigenvalue weighted by atomic mass is 35.5. The summed E-state index contributed by atoms with van der Waals surface area (Å²) < 4.78 is 5.84. The lowest BCUT2D eigenvalue weighted by atomic mass is 10.0. The smallest absolute Gasteiger partial charge is 0.241 e. The third-order valence-corrected chi connectivity index (χ3v) is 5.35. The van der Waals surface area contributed by atoms with Crippen molar-refractivity contribution in [2.75, 3.05) is 5.32 Å². The van der Waals surface area contributed by atoms with Gasteiger partial charge in [0.05, 0.1) is 17.4 Å². The summed E-state index contributed by atoms with van der Waals surface area (Å²) in [6, 6.07) is 7.84. The van der Waals surface area contributed by atoms with E-state index in [1.54, 1.807) is 0 Å². The van der Waals surface area contributed by atoms with Crippen LogP contribution in [0.4, 0.5) is 5.82 Å². The summed E-state index contributed by atoms with van der Waals surface area (Å²) in [5, 5.41) is 4.43. The molecule has 29 heavy (non-hydrogen) atoms. The molecule has 0 saturated heterocycles. The fraction of sp³-hybridized carbons (Fsp3) is 0.333. The van der Waals surface area contributed by atoms with Gasteiger partial charge in [-0.2, -0.15) is 0 Å². The minimum Gasteiger partial charge on any atom is -0.437 e. The Balaban J connectivity index is 1.76. The Labute approximate surface area is 180 Å². The lowest BCUT2D eigenvalue weighted by molar-refractivity contribution is 0.460. The van der Waals surface area contributed by atoms with Gasteiger partial charge in [-0.05, 0) is 37.0 Å². The first kappa shape index (κ1) is 21.3. The van der Waals surface area contributed by atoms with Gasteiger partial charge in [0.15, 0.2) is 0 Å². The van der Waals surface area contributed by atoms with Crippen LogP contribution in [-0.2, 0) is 12.8 Å². The summed E-state index contributed by atoms with van der Waals surface area (Å²) in [5.74, 6) is 1.65. The van der Waals surface area contributed by atoms with Crippen molar-refractivity contribution in [3.05, 3.63) is 63.9 Å². The first-order valence-corrected chi connectivity index (χ1v) is 10.4. The van der Waals surface area contributed by atoms with Crippen molar-refractivity contribution in [1.29, 1.82) is 0 Å². The lowest BCUT2D eigenvalue weighted by Gasteiger charge is -2.19. The molecule has 3 aromatic rings. The third-order valence-electron chi connectivity index (χ3n) is 4.58. The highest BCUT2D eigenvalue weighted by molar-refractivity contribution is 6.33. The number of halogens is 2. The molecule has 0 bridgehead atoms. The molecule has 0 saturated carbocycles. The van der Waals surface area contributed by atoms with Crippen molar-refractivity contribution in [3.63, 3.8) is 0 Å². The second-order valence-electron chi connectivity index (χ2n) is 6.41. The number of aromatic nitrogens is 4. The van der Waals surface area contributed by atoms with Crippen molar-refractivity contribution >= 4 is 29.0 Å². The maximum atomic E-state index is 6.42. The van der Waals surface area contributed by atoms with Gasteiger partial charge in [0.2, 0.25) is 5.88 Å². The number of nitrogens with one attached hydrogen (secondary N) is 1. The predicted molar refractivity (Wildman–Crippen MR) is 116 cm³/mol. The highest BCUT2D eigenvalue weighted by Gasteiger charge is 2.15. The Bertz CT molecular complexity index is 966. The normalized spacial score (nSPS) is 11.9. The van der Waals surface area contributed by atoms with Gasteiger partial charge in [-0.1, -0.05) is 56.1 Å². The van der Waals surface area contributed by atoms with Crippen molar-refractivity contribution < 1.29 is 4.74 Å². The van der Waals surface area contributed by atoms with Crippen LogP contribution in [0.1, 0.15) is 50.2 Å². The molecule has 1 N–H and O–H groups in total.